The number of anilines is 1. The molecule has 2 rings (SSSR count). The van der Waals surface area contributed by atoms with Crippen molar-refractivity contribution in [2.45, 2.75) is 26.2 Å². The fraction of sp³-hybridized carbons (Fsp3) is 0.538. The van der Waals surface area contributed by atoms with Crippen molar-refractivity contribution in [3.05, 3.63) is 24.2 Å². The molecule has 98 valence electrons. The Morgan fingerprint density at radius 3 is 2.89 bits per heavy atom. The first-order valence-corrected chi connectivity index (χ1v) is 6.39. The van der Waals surface area contributed by atoms with Crippen molar-refractivity contribution in [1.29, 1.82) is 0 Å². The van der Waals surface area contributed by atoms with Gasteiger partial charge in [-0.05, 0) is 24.9 Å². The van der Waals surface area contributed by atoms with Crippen LogP contribution in [0.2, 0.25) is 0 Å². The minimum Gasteiger partial charge on any atom is -0.358 e. The lowest BCUT2D eigenvalue weighted by Gasteiger charge is -2.18. The average Bonchev–Trinajstić information content (AvgIpc) is 2.79. The summed E-state index contributed by atoms with van der Waals surface area (Å²) in [5.41, 5.74) is 7.70. The summed E-state index contributed by atoms with van der Waals surface area (Å²) in [6.45, 7) is 5.90. The fourth-order valence-electron chi connectivity index (χ4n) is 1.94. The van der Waals surface area contributed by atoms with Crippen LogP contribution in [0.5, 0.6) is 0 Å². The Balaban J connectivity index is 2.38. The van der Waals surface area contributed by atoms with E-state index in [0.29, 0.717) is 12.5 Å². The third kappa shape index (κ3) is 2.46. The van der Waals surface area contributed by atoms with Gasteiger partial charge in [0, 0.05) is 26.0 Å². The summed E-state index contributed by atoms with van der Waals surface area (Å²) in [4.78, 5) is 6.59. The molecule has 0 spiro atoms. The Morgan fingerprint density at radius 1 is 1.44 bits per heavy atom. The van der Waals surface area contributed by atoms with Gasteiger partial charge in [-0.1, -0.05) is 13.8 Å². The largest absolute Gasteiger partial charge is 0.358 e. The third-order valence-electron chi connectivity index (χ3n) is 3.04. The second kappa shape index (κ2) is 5.35. The molecule has 0 unspecified atom stereocenters. The van der Waals surface area contributed by atoms with E-state index in [1.54, 1.807) is 6.20 Å². The van der Waals surface area contributed by atoms with Gasteiger partial charge in [0.25, 0.3) is 0 Å². The first-order chi connectivity index (χ1) is 8.63. The van der Waals surface area contributed by atoms with Crippen molar-refractivity contribution < 1.29 is 0 Å². The zero-order chi connectivity index (χ0) is 13.1. The van der Waals surface area contributed by atoms with E-state index in [-0.39, 0.29) is 0 Å². The summed E-state index contributed by atoms with van der Waals surface area (Å²) in [5.74, 6) is 1.39. The molecule has 0 bridgehead atoms. The number of hydrogen-bond acceptors (Lipinski definition) is 4. The van der Waals surface area contributed by atoms with Gasteiger partial charge in [-0.25, -0.2) is 9.50 Å². The Kier molecular flexibility index (Phi) is 3.81. The van der Waals surface area contributed by atoms with E-state index < -0.39 is 0 Å². The maximum atomic E-state index is 5.55. The molecule has 0 fully saturated rings. The van der Waals surface area contributed by atoms with Crippen LogP contribution in [-0.4, -0.2) is 34.7 Å². The first-order valence-electron chi connectivity index (χ1n) is 6.39. The van der Waals surface area contributed by atoms with Crippen LogP contribution in [0.4, 0.5) is 5.82 Å². The average molecular weight is 247 g/mol. The zero-order valence-corrected chi connectivity index (χ0v) is 11.3. The summed E-state index contributed by atoms with van der Waals surface area (Å²) < 4.78 is 1.90. The molecule has 0 aliphatic heterocycles. The Labute approximate surface area is 108 Å². The van der Waals surface area contributed by atoms with Crippen LogP contribution < -0.4 is 10.6 Å². The van der Waals surface area contributed by atoms with Crippen LogP contribution in [0.25, 0.3) is 5.52 Å². The molecule has 2 N–H and O–H groups in total. The van der Waals surface area contributed by atoms with E-state index in [1.165, 1.54) is 0 Å². The predicted molar refractivity (Wildman–Crippen MR) is 74.0 cm³/mol. The van der Waals surface area contributed by atoms with Crippen LogP contribution in [0.1, 0.15) is 31.9 Å². The number of fused-ring (bicyclic) bond motifs is 1. The maximum Gasteiger partial charge on any atom is 0.154 e. The Morgan fingerprint density at radius 2 is 2.22 bits per heavy atom. The highest BCUT2D eigenvalue weighted by Gasteiger charge is 2.12. The summed E-state index contributed by atoms with van der Waals surface area (Å²) in [7, 11) is 2.04. The minimum atomic E-state index is 0.423. The molecule has 0 amide bonds. The van der Waals surface area contributed by atoms with Gasteiger partial charge in [0.1, 0.15) is 5.52 Å². The molecular weight excluding hydrogens is 226 g/mol. The van der Waals surface area contributed by atoms with Crippen molar-refractivity contribution in [3.8, 4) is 0 Å². The van der Waals surface area contributed by atoms with Gasteiger partial charge in [-0.15, -0.1) is 0 Å². The van der Waals surface area contributed by atoms with Gasteiger partial charge in [-0.2, -0.15) is 5.10 Å². The Bertz CT molecular complexity index is 517. The van der Waals surface area contributed by atoms with Crippen LogP contribution in [0, 0.1) is 0 Å². The smallest absolute Gasteiger partial charge is 0.154 e. The predicted octanol–water partition coefficient (Wildman–Crippen LogP) is 1.64. The lowest BCUT2D eigenvalue weighted by Crippen LogP contribution is -2.22. The molecule has 0 saturated heterocycles. The molecule has 5 nitrogen and oxygen atoms in total. The molecule has 0 aromatic carbocycles. The number of nitrogens with zero attached hydrogens (tertiary/aromatic N) is 4. The SMILES string of the molecule is CC(C)c1cc2c(N(C)CCCN)nccn2n1. The van der Waals surface area contributed by atoms with E-state index in [4.69, 9.17) is 5.73 Å². The molecule has 0 atom stereocenters. The van der Waals surface area contributed by atoms with Gasteiger partial charge < -0.3 is 10.6 Å². The van der Waals surface area contributed by atoms with Crippen molar-refractivity contribution in [2.75, 3.05) is 25.0 Å². The fourth-order valence-corrected chi connectivity index (χ4v) is 1.94. The summed E-state index contributed by atoms with van der Waals surface area (Å²) in [5, 5.41) is 4.56. The molecule has 0 radical (unpaired) electrons. The molecule has 2 aromatic rings. The number of aromatic nitrogens is 3. The summed E-state index contributed by atoms with van der Waals surface area (Å²) >= 11 is 0. The first kappa shape index (κ1) is 12.8. The minimum absolute atomic E-state index is 0.423. The molecular formula is C13H21N5. The third-order valence-corrected chi connectivity index (χ3v) is 3.04. The monoisotopic (exact) mass is 247 g/mol. The van der Waals surface area contributed by atoms with E-state index in [9.17, 15) is 0 Å². The second-order valence-electron chi connectivity index (χ2n) is 4.87. The van der Waals surface area contributed by atoms with Crippen molar-refractivity contribution in [3.63, 3.8) is 0 Å². The molecule has 0 aliphatic carbocycles. The van der Waals surface area contributed by atoms with Crippen molar-refractivity contribution >= 4 is 11.3 Å². The topological polar surface area (TPSA) is 59.5 Å². The highest BCUT2D eigenvalue weighted by molar-refractivity contribution is 5.68. The number of nitrogens with two attached hydrogens (primary N) is 1. The van der Waals surface area contributed by atoms with Crippen molar-refractivity contribution in [2.24, 2.45) is 5.73 Å². The standard InChI is InChI=1S/C13H21N5/c1-10(2)11-9-12-13(17(3)7-4-5-14)15-6-8-18(12)16-11/h6,8-10H,4-5,7,14H2,1-3H3. The van der Waals surface area contributed by atoms with Gasteiger partial charge in [-0.3, -0.25) is 0 Å². The quantitative estimate of drug-likeness (QED) is 0.872. The van der Waals surface area contributed by atoms with Gasteiger partial charge >= 0.3 is 0 Å². The van der Waals surface area contributed by atoms with Gasteiger partial charge in [0.15, 0.2) is 5.82 Å². The second-order valence-corrected chi connectivity index (χ2v) is 4.87. The zero-order valence-electron chi connectivity index (χ0n) is 11.3. The maximum absolute atomic E-state index is 5.55. The molecule has 2 aromatic heterocycles. The van der Waals surface area contributed by atoms with Crippen LogP contribution in [-0.2, 0) is 0 Å². The number of rotatable bonds is 5. The van der Waals surface area contributed by atoms with Crippen LogP contribution >= 0.6 is 0 Å². The van der Waals surface area contributed by atoms with Crippen molar-refractivity contribution in [1.82, 2.24) is 14.6 Å². The normalized spacial score (nSPS) is 11.4. The highest BCUT2D eigenvalue weighted by atomic mass is 15.3. The van der Waals surface area contributed by atoms with Gasteiger partial charge in [0.05, 0.1) is 5.69 Å². The van der Waals surface area contributed by atoms with Gasteiger partial charge in [0.2, 0.25) is 0 Å². The van der Waals surface area contributed by atoms with E-state index >= 15 is 0 Å². The van der Waals surface area contributed by atoms with E-state index in [1.807, 2.05) is 17.8 Å². The molecule has 18 heavy (non-hydrogen) atoms. The van der Waals surface area contributed by atoms with Crippen LogP contribution in [0.3, 0.4) is 0 Å². The van der Waals surface area contributed by atoms with Crippen LogP contribution in [0.15, 0.2) is 18.5 Å². The summed E-state index contributed by atoms with van der Waals surface area (Å²) in [6, 6.07) is 2.12. The molecule has 0 aliphatic rings. The Hall–Kier alpha value is -1.62. The van der Waals surface area contributed by atoms with E-state index in [0.717, 1.165) is 30.0 Å². The van der Waals surface area contributed by atoms with E-state index in [2.05, 4.69) is 34.9 Å². The number of hydrogen-bond donors (Lipinski definition) is 1. The highest BCUT2D eigenvalue weighted by Crippen LogP contribution is 2.21. The molecule has 5 heteroatoms. The molecule has 2 heterocycles. The molecule has 0 saturated carbocycles. The lowest BCUT2D eigenvalue weighted by molar-refractivity contribution is 0.775. The summed E-state index contributed by atoms with van der Waals surface area (Å²) in [6.07, 6.45) is 4.64. The lowest BCUT2D eigenvalue weighted by atomic mass is 10.1.